The maximum atomic E-state index is 6.16. The molecule has 0 bridgehead atoms. The molecule has 0 saturated carbocycles. The Morgan fingerprint density at radius 2 is 1.90 bits per heavy atom. The Balaban J connectivity index is 2.23. The second-order valence-electron chi connectivity index (χ2n) is 4.83. The Kier molecular flexibility index (Phi) is 6.33. The van der Waals surface area contributed by atoms with Crippen molar-refractivity contribution in [3.63, 3.8) is 0 Å². The lowest BCUT2D eigenvalue weighted by Gasteiger charge is -2.20. The van der Waals surface area contributed by atoms with Crippen molar-refractivity contribution in [2.24, 2.45) is 0 Å². The van der Waals surface area contributed by atoms with E-state index in [-0.39, 0.29) is 6.04 Å². The number of rotatable bonds is 6. The van der Waals surface area contributed by atoms with Crippen LogP contribution in [0.1, 0.15) is 24.1 Å². The number of hydrogen-bond acceptors (Lipinski definition) is 2. The second kappa shape index (κ2) is 8.01. The largest absolute Gasteiger partial charge is 0.497 e. The third-order valence-corrected chi connectivity index (χ3v) is 4.60. The summed E-state index contributed by atoms with van der Waals surface area (Å²) in [5.74, 6) is 0.885. The predicted octanol–water partition coefficient (Wildman–Crippen LogP) is 4.85. The molecule has 0 saturated heterocycles. The highest BCUT2D eigenvalue weighted by molar-refractivity contribution is 14.1. The van der Waals surface area contributed by atoms with Gasteiger partial charge in [-0.1, -0.05) is 30.7 Å². The third kappa shape index (κ3) is 4.59. The van der Waals surface area contributed by atoms with E-state index in [4.69, 9.17) is 16.3 Å². The molecule has 2 nitrogen and oxygen atoms in total. The van der Waals surface area contributed by atoms with Crippen LogP contribution in [0.15, 0.2) is 42.5 Å². The van der Waals surface area contributed by atoms with E-state index in [1.54, 1.807) is 7.11 Å². The number of methoxy groups -OCH3 is 1. The van der Waals surface area contributed by atoms with Gasteiger partial charge in [-0.05, 0) is 77.0 Å². The lowest BCUT2D eigenvalue weighted by molar-refractivity contribution is 0.414. The molecule has 2 aromatic carbocycles. The van der Waals surface area contributed by atoms with Gasteiger partial charge in [0.2, 0.25) is 0 Å². The Labute approximate surface area is 145 Å². The zero-order valence-corrected chi connectivity index (χ0v) is 15.1. The van der Waals surface area contributed by atoms with Crippen molar-refractivity contribution in [2.75, 3.05) is 13.7 Å². The van der Waals surface area contributed by atoms with Crippen LogP contribution in [0.25, 0.3) is 0 Å². The molecule has 0 aliphatic rings. The Hall–Kier alpha value is -0.780. The average molecular weight is 416 g/mol. The molecule has 0 amide bonds. The van der Waals surface area contributed by atoms with Crippen LogP contribution in [-0.4, -0.2) is 13.7 Å². The van der Waals surface area contributed by atoms with Crippen LogP contribution < -0.4 is 10.1 Å². The highest BCUT2D eigenvalue weighted by Gasteiger charge is 2.15. The van der Waals surface area contributed by atoms with Gasteiger partial charge in [-0.3, -0.25) is 0 Å². The molecule has 2 rings (SSSR count). The summed E-state index contributed by atoms with van der Waals surface area (Å²) >= 11 is 8.52. The lowest BCUT2D eigenvalue weighted by atomic mass is 9.99. The van der Waals surface area contributed by atoms with E-state index in [9.17, 15) is 0 Å². The van der Waals surface area contributed by atoms with Crippen LogP contribution >= 0.6 is 34.2 Å². The van der Waals surface area contributed by atoms with Crippen molar-refractivity contribution in [1.29, 1.82) is 0 Å². The topological polar surface area (TPSA) is 21.3 Å². The first-order valence-corrected chi connectivity index (χ1v) is 8.41. The highest BCUT2D eigenvalue weighted by Crippen LogP contribution is 2.27. The molecule has 0 aliphatic carbocycles. The molecule has 0 aliphatic heterocycles. The summed E-state index contributed by atoms with van der Waals surface area (Å²) in [7, 11) is 1.69. The van der Waals surface area contributed by atoms with E-state index in [1.807, 2.05) is 18.2 Å². The van der Waals surface area contributed by atoms with E-state index in [0.717, 1.165) is 23.7 Å². The molecule has 0 heterocycles. The van der Waals surface area contributed by atoms with E-state index < -0.39 is 0 Å². The first kappa shape index (κ1) is 16.6. The van der Waals surface area contributed by atoms with E-state index >= 15 is 0 Å². The summed E-state index contributed by atoms with van der Waals surface area (Å²) in [4.78, 5) is 0. The van der Waals surface area contributed by atoms with Gasteiger partial charge in [0, 0.05) is 14.6 Å². The SMILES string of the molecule is CCNC(Cc1ccc(OC)cc1)c1cc(Cl)ccc1I. The molecule has 0 spiro atoms. The van der Waals surface area contributed by atoms with Gasteiger partial charge in [0.1, 0.15) is 5.75 Å². The average Bonchev–Trinajstić information content (AvgIpc) is 2.50. The van der Waals surface area contributed by atoms with Crippen LogP contribution in [0.3, 0.4) is 0 Å². The minimum absolute atomic E-state index is 0.258. The predicted molar refractivity (Wildman–Crippen MR) is 97.3 cm³/mol. The van der Waals surface area contributed by atoms with E-state index in [1.165, 1.54) is 14.7 Å². The number of hydrogen-bond donors (Lipinski definition) is 1. The molecule has 112 valence electrons. The fraction of sp³-hybridized carbons (Fsp3) is 0.294. The molecule has 1 atom stereocenters. The molecule has 1 N–H and O–H groups in total. The van der Waals surface area contributed by atoms with Crippen molar-refractivity contribution in [2.45, 2.75) is 19.4 Å². The molecule has 1 unspecified atom stereocenters. The number of likely N-dealkylation sites (N-methyl/N-ethyl adjacent to an activating group) is 1. The number of ether oxygens (including phenoxy) is 1. The number of nitrogens with one attached hydrogen (secondary N) is 1. The zero-order valence-electron chi connectivity index (χ0n) is 12.2. The summed E-state index contributed by atoms with van der Waals surface area (Å²) in [6.45, 7) is 3.04. The van der Waals surface area contributed by atoms with Gasteiger partial charge in [-0.15, -0.1) is 0 Å². The maximum Gasteiger partial charge on any atom is 0.118 e. The van der Waals surface area contributed by atoms with Crippen molar-refractivity contribution >= 4 is 34.2 Å². The Morgan fingerprint density at radius 3 is 2.52 bits per heavy atom. The van der Waals surface area contributed by atoms with Crippen LogP contribution in [0.2, 0.25) is 5.02 Å². The standard InChI is InChI=1S/C17H19ClINO/c1-3-20-17(15-11-13(18)6-9-16(15)19)10-12-4-7-14(21-2)8-5-12/h4-9,11,17,20H,3,10H2,1-2H3. The van der Waals surface area contributed by atoms with Gasteiger partial charge in [-0.2, -0.15) is 0 Å². The summed E-state index contributed by atoms with van der Waals surface area (Å²) in [5, 5.41) is 4.33. The normalized spacial score (nSPS) is 12.2. The minimum Gasteiger partial charge on any atom is -0.497 e. The third-order valence-electron chi connectivity index (χ3n) is 3.38. The molecular weight excluding hydrogens is 397 g/mol. The molecule has 4 heteroatoms. The van der Waals surface area contributed by atoms with Crippen LogP contribution in [-0.2, 0) is 6.42 Å². The van der Waals surface area contributed by atoms with Gasteiger partial charge in [-0.25, -0.2) is 0 Å². The molecule has 0 fully saturated rings. The molecule has 2 aromatic rings. The quantitative estimate of drug-likeness (QED) is 0.681. The first-order chi connectivity index (χ1) is 10.1. The second-order valence-corrected chi connectivity index (χ2v) is 6.43. The smallest absolute Gasteiger partial charge is 0.118 e. The van der Waals surface area contributed by atoms with Crippen molar-refractivity contribution < 1.29 is 4.74 Å². The summed E-state index contributed by atoms with van der Waals surface area (Å²) in [6, 6.07) is 14.5. The highest BCUT2D eigenvalue weighted by atomic mass is 127. The van der Waals surface area contributed by atoms with Gasteiger partial charge in [0.05, 0.1) is 7.11 Å². The van der Waals surface area contributed by atoms with Crippen LogP contribution in [0.4, 0.5) is 0 Å². The van der Waals surface area contributed by atoms with Crippen LogP contribution in [0, 0.1) is 3.57 Å². The van der Waals surface area contributed by atoms with Crippen molar-refractivity contribution in [3.05, 3.63) is 62.2 Å². The first-order valence-electron chi connectivity index (χ1n) is 6.95. The van der Waals surface area contributed by atoms with E-state index in [0.29, 0.717) is 0 Å². The lowest BCUT2D eigenvalue weighted by Crippen LogP contribution is -2.23. The summed E-state index contributed by atoms with van der Waals surface area (Å²) < 4.78 is 6.44. The van der Waals surface area contributed by atoms with Crippen LogP contribution in [0.5, 0.6) is 5.75 Å². The van der Waals surface area contributed by atoms with E-state index in [2.05, 4.69) is 59.1 Å². The molecule has 0 aromatic heterocycles. The Bertz CT molecular complexity index is 586. The van der Waals surface area contributed by atoms with Gasteiger partial charge < -0.3 is 10.1 Å². The van der Waals surface area contributed by atoms with Crippen molar-refractivity contribution in [3.8, 4) is 5.75 Å². The number of benzene rings is 2. The molecule has 21 heavy (non-hydrogen) atoms. The molecular formula is C17H19ClINO. The maximum absolute atomic E-state index is 6.16. The zero-order chi connectivity index (χ0) is 15.2. The Morgan fingerprint density at radius 1 is 1.19 bits per heavy atom. The van der Waals surface area contributed by atoms with Gasteiger partial charge in [0.15, 0.2) is 0 Å². The fourth-order valence-corrected chi connectivity index (χ4v) is 3.21. The van der Waals surface area contributed by atoms with Gasteiger partial charge >= 0.3 is 0 Å². The van der Waals surface area contributed by atoms with Gasteiger partial charge in [0.25, 0.3) is 0 Å². The van der Waals surface area contributed by atoms with Crippen molar-refractivity contribution in [1.82, 2.24) is 5.32 Å². The number of halogens is 2. The molecule has 0 radical (unpaired) electrons. The monoisotopic (exact) mass is 415 g/mol. The minimum atomic E-state index is 0.258. The fourth-order valence-electron chi connectivity index (χ4n) is 2.32. The summed E-state index contributed by atoms with van der Waals surface area (Å²) in [5.41, 5.74) is 2.53. The summed E-state index contributed by atoms with van der Waals surface area (Å²) in [6.07, 6.45) is 0.925.